The zero-order valence-electron chi connectivity index (χ0n) is 18.3. The molecule has 0 aliphatic heterocycles. The van der Waals surface area contributed by atoms with Crippen LogP contribution in [0.25, 0.3) is 10.1 Å². The second-order valence-corrected chi connectivity index (χ2v) is 7.97. The Balaban J connectivity index is 2.05. The summed E-state index contributed by atoms with van der Waals surface area (Å²) in [7, 11) is 5.79. The summed E-state index contributed by atoms with van der Waals surface area (Å²) in [4.78, 5) is 27.3. The summed E-state index contributed by atoms with van der Waals surface area (Å²) < 4.78 is 35.8. The van der Waals surface area contributed by atoms with Gasteiger partial charge in [0.1, 0.15) is 23.9 Å². The molecule has 0 aliphatic carbocycles. The minimum atomic E-state index is -0.575. The number of ether oxygens (including phenoxy) is 4. The highest BCUT2D eigenvalue weighted by molar-refractivity contribution is 7.21. The number of carbonyl (C=O) groups is 2. The van der Waals surface area contributed by atoms with Crippen molar-refractivity contribution in [2.75, 3.05) is 35.0 Å². The van der Waals surface area contributed by atoms with Gasteiger partial charge in [0, 0.05) is 35.4 Å². The maximum atomic E-state index is 14.6. The van der Waals surface area contributed by atoms with E-state index < -0.39 is 17.7 Å². The van der Waals surface area contributed by atoms with Crippen LogP contribution >= 0.6 is 11.3 Å². The van der Waals surface area contributed by atoms with Gasteiger partial charge in [-0.3, -0.25) is 9.59 Å². The lowest BCUT2D eigenvalue weighted by atomic mass is 10.1. The molecule has 0 atom stereocenters. The van der Waals surface area contributed by atoms with Gasteiger partial charge >= 0.3 is 5.97 Å². The molecule has 2 aromatic carbocycles. The average Bonchev–Trinajstić information content (AvgIpc) is 3.17. The van der Waals surface area contributed by atoms with Gasteiger partial charge in [-0.15, -0.1) is 11.3 Å². The predicted molar refractivity (Wildman–Crippen MR) is 119 cm³/mol. The number of esters is 1. The van der Waals surface area contributed by atoms with E-state index in [1.54, 1.807) is 30.3 Å². The van der Waals surface area contributed by atoms with Gasteiger partial charge in [0.05, 0.1) is 32.8 Å². The number of fused-ring (bicyclic) bond motifs is 1. The van der Waals surface area contributed by atoms with Crippen LogP contribution in [0.5, 0.6) is 11.5 Å². The van der Waals surface area contributed by atoms with E-state index in [2.05, 4.69) is 0 Å². The molecular weight excluding hydrogens is 437 g/mol. The molecule has 0 unspecified atom stereocenters. The Morgan fingerprint density at radius 1 is 1.03 bits per heavy atom. The van der Waals surface area contributed by atoms with Gasteiger partial charge in [-0.2, -0.15) is 0 Å². The molecule has 0 aliphatic rings. The largest absolute Gasteiger partial charge is 0.497 e. The number of halogens is 1. The van der Waals surface area contributed by atoms with Gasteiger partial charge in [0.2, 0.25) is 0 Å². The van der Waals surface area contributed by atoms with Crippen LogP contribution in [0.3, 0.4) is 0 Å². The smallest absolute Gasteiger partial charge is 0.325 e. The van der Waals surface area contributed by atoms with E-state index in [0.717, 1.165) is 11.3 Å². The van der Waals surface area contributed by atoms with Crippen molar-refractivity contribution < 1.29 is 32.9 Å². The summed E-state index contributed by atoms with van der Waals surface area (Å²) in [5.74, 6) is -0.330. The zero-order valence-corrected chi connectivity index (χ0v) is 19.1. The Kier molecular flexibility index (Phi) is 7.66. The number of benzene rings is 2. The van der Waals surface area contributed by atoms with Crippen LogP contribution in [0.1, 0.15) is 20.8 Å². The molecular formula is C23H24FNO6S. The van der Waals surface area contributed by atoms with Crippen LogP contribution in [0.15, 0.2) is 36.4 Å². The molecule has 170 valence electrons. The van der Waals surface area contributed by atoms with Gasteiger partial charge < -0.3 is 23.8 Å². The van der Waals surface area contributed by atoms with Crippen LogP contribution in [0.2, 0.25) is 0 Å². The second kappa shape index (κ2) is 10.4. The molecule has 0 saturated heterocycles. The number of hydrogen-bond donors (Lipinski definition) is 0. The number of nitrogens with zero attached hydrogens (tertiary/aromatic N) is 1. The molecule has 9 heteroatoms. The fourth-order valence-corrected chi connectivity index (χ4v) is 4.55. The minimum Gasteiger partial charge on any atom is -0.497 e. The first kappa shape index (κ1) is 23.5. The molecule has 0 bridgehead atoms. The van der Waals surface area contributed by atoms with E-state index in [0.29, 0.717) is 37.6 Å². The van der Waals surface area contributed by atoms with Crippen LogP contribution in [-0.4, -0.2) is 51.8 Å². The Morgan fingerprint density at radius 3 is 2.31 bits per heavy atom. The normalized spacial score (nSPS) is 10.8. The van der Waals surface area contributed by atoms with Crippen molar-refractivity contribution in [3.8, 4) is 11.5 Å². The van der Waals surface area contributed by atoms with Gasteiger partial charge in [0.25, 0.3) is 5.91 Å². The summed E-state index contributed by atoms with van der Waals surface area (Å²) in [6.45, 7) is -0.135. The van der Waals surface area contributed by atoms with Crippen molar-refractivity contribution in [2.45, 2.75) is 13.2 Å². The predicted octanol–water partition coefficient (Wildman–Crippen LogP) is 4.02. The molecule has 3 aromatic rings. The molecule has 7 nitrogen and oxygen atoms in total. The fourth-order valence-electron chi connectivity index (χ4n) is 3.36. The first-order valence-corrected chi connectivity index (χ1v) is 10.5. The number of thiophene rings is 1. The molecule has 1 aromatic heterocycles. The topological polar surface area (TPSA) is 74.3 Å². The monoisotopic (exact) mass is 461 g/mol. The molecule has 0 fully saturated rings. The summed E-state index contributed by atoms with van der Waals surface area (Å²) in [6.07, 6.45) is 0. The minimum absolute atomic E-state index is 0.0566. The molecule has 0 spiro atoms. The number of carbonyl (C=O) groups excluding carboxylic acids is 2. The quantitative estimate of drug-likeness (QED) is 0.448. The SMILES string of the molecule is COCc1c(C(=O)N(CC(=O)OC)Cc2cc(OC)cc(OC)c2)sc2cccc(F)c12. The van der Waals surface area contributed by atoms with Crippen LogP contribution in [0, 0.1) is 5.82 Å². The molecule has 32 heavy (non-hydrogen) atoms. The van der Waals surface area contributed by atoms with E-state index in [-0.39, 0.29) is 19.7 Å². The van der Waals surface area contributed by atoms with Crippen LogP contribution in [0.4, 0.5) is 4.39 Å². The van der Waals surface area contributed by atoms with Crippen molar-refractivity contribution >= 4 is 33.3 Å². The number of hydrogen-bond acceptors (Lipinski definition) is 7. The Morgan fingerprint density at radius 2 is 1.72 bits per heavy atom. The third-order valence-corrected chi connectivity index (χ3v) is 6.05. The zero-order chi connectivity index (χ0) is 23.3. The first-order valence-electron chi connectivity index (χ1n) is 9.68. The number of amides is 1. The molecule has 1 amide bonds. The highest BCUT2D eigenvalue weighted by Crippen LogP contribution is 2.35. The molecule has 0 radical (unpaired) electrons. The summed E-state index contributed by atoms with van der Waals surface area (Å²) in [6, 6.07) is 9.89. The molecule has 0 N–H and O–H groups in total. The third-order valence-electron chi connectivity index (χ3n) is 4.87. The summed E-state index contributed by atoms with van der Waals surface area (Å²) in [5, 5.41) is 0.351. The second-order valence-electron chi connectivity index (χ2n) is 6.91. The van der Waals surface area contributed by atoms with Crippen molar-refractivity contribution in [3.05, 3.63) is 58.2 Å². The standard InChI is InChI=1S/C23H24FNO6S/c1-28-13-17-21-18(24)6-5-7-19(21)32-22(17)23(27)25(12-20(26)31-4)11-14-8-15(29-2)10-16(9-14)30-3/h5-10H,11-13H2,1-4H3. The van der Waals surface area contributed by atoms with E-state index in [1.807, 2.05) is 0 Å². The van der Waals surface area contributed by atoms with E-state index in [9.17, 15) is 14.0 Å². The number of rotatable bonds is 9. The van der Waals surface area contributed by atoms with Gasteiger partial charge in [-0.1, -0.05) is 6.07 Å². The highest BCUT2D eigenvalue weighted by Gasteiger charge is 2.27. The summed E-state index contributed by atoms with van der Waals surface area (Å²) in [5.41, 5.74) is 1.15. The van der Waals surface area contributed by atoms with Crippen molar-refractivity contribution in [1.82, 2.24) is 4.90 Å². The van der Waals surface area contributed by atoms with Crippen molar-refractivity contribution in [1.29, 1.82) is 0 Å². The average molecular weight is 462 g/mol. The maximum Gasteiger partial charge on any atom is 0.325 e. The Bertz CT molecular complexity index is 1110. The first-order chi connectivity index (χ1) is 15.4. The maximum absolute atomic E-state index is 14.6. The lowest BCUT2D eigenvalue weighted by molar-refractivity contribution is -0.141. The van der Waals surface area contributed by atoms with Crippen molar-refractivity contribution in [2.24, 2.45) is 0 Å². The highest BCUT2D eigenvalue weighted by atomic mass is 32.1. The summed E-state index contributed by atoms with van der Waals surface area (Å²) >= 11 is 1.16. The van der Waals surface area contributed by atoms with Gasteiger partial charge in [0.15, 0.2) is 0 Å². The van der Waals surface area contributed by atoms with Crippen LogP contribution < -0.4 is 9.47 Å². The van der Waals surface area contributed by atoms with Crippen molar-refractivity contribution in [3.63, 3.8) is 0 Å². The van der Waals surface area contributed by atoms with Gasteiger partial charge in [-0.25, -0.2) is 4.39 Å². The third kappa shape index (κ3) is 5.00. The Hall–Kier alpha value is -3.17. The molecule has 0 saturated carbocycles. The van der Waals surface area contributed by atoms with E-state index in [4.69, 9.17) is 18.9 Å². The Labute approximate surface area is 189 Å². The lowest BCUT2D eigenvalue weighted by Crippen LogP contribution is -2.35. The lowest BCUT2D eigenvalue weighted by Gasteiger charge is -2.22. The van der Waals surface area contributed by atoms with Crippen LogP contribution in [-0.2, 0) is 27.4 Å². The molecule has 3 rings (SSSR count). The molecule has 1 heterocycles. The van der Waals surface area contributed by atoms with E-state index in [1.165, 1.54) is 39.4 Å². The van der Waals surface area contributed by atoms with Gasteiger partial charge in [-0.05, 0) is 29.8 Å². The van der Waals surface area contributed by atoms with E-state index >= 15 is 0 Å². The fraction of sp³-hybridized carbons (Fsp3) is 0.304. The number of methoxy groups -OCH3 is 4.